The SMILES string of the molecule is CN(C)C=NN1CCN(C)CC1. The lowest BCUT2D eigenvalue weighted by atomic mass is 10.4. The minimum Gasteiger partial charge on any atom is -0.367 e. The van der Waals surface area contributed by atoms with Crippen molar-refractivity contribution in [2.75, 3.05) is 47.3 Å². The Balaban J connectivity index is 2.26. The molecule has 0 aromatic carbocycles. The van der Waals surface area contributed by atoms with Crippen molar-refractivity contribution in [1.29, 1.82) is 0 Å². The fraction of sp³-hybridized carbons (Fsp3) is 0.875. The zero-order valence-electron chi connectivity index (χ0n) is 8.19. The highest BCUT2D eigenvalue weighted by molar-refractivity contribution is 5.53. The van der Waals surface area contributed by atoms with Crippen molar-refractivity contribution >= 4 is 6.34 Å². The summed E-state index contributed by atoms with van der Waals surface area (Å²) in [6, 6.07) is 0. The molecule has 0 unspecified atom stereocenters. The zero-order chi connectivity index (χ0) is 8.97. The van der Waals surface area contributed by atoms with Crippen LogP contribution < -0.4 is 0 Å². The first-order chi connectivity index (χ1) is 5.68. The molecule has 0 spiro atoms. The molecule has 0 radical (unpaired) electrons. The lowest BCUT2D eigenvalue weighted by Crippen LogP contribution is -2.42. The van der Waals surface area contributed by atoms with Crippen LogP contribution in [-0.2, 0) is 0 Å². The Kier molecular flexibility index (Phi) is 3.34. The summed E-state index contributed by atoms with van der Waals surface area (Å²) in [4.78, 5) is 4.28. The first kappa shape index (κ1) is 9.32. The molecule has 1 rings (SSSR count). The van der Waals surface area contributed by atoms with Gasteiger partial charge in [-0.05, 0) is 7.05 Å². The normalized spacial score (nSPS) is 20.4. The maximum absolute atomic E-state index is 4.32. The minimum atomic E-state index is 1.04. The fourth-order valence-corrected chi connectivity index (χ4v) is 1.09. The zero-order valence-corrected chi connectivity index (χ0v) is 8.19. The Morgan fingerprint density at radius 1 is 1.17 bits per heavy atom. The minimum absolute atomic E-state index is 1.04. The molecule has 0 atom stereocenters. The summed E-state index contributed by atoms with van der Waals surface area (Å²) in [6.45, 7) is 4.32. The standard InChI is InChI=1S/C8H18N4/c1-10(2)8-9-12-6-4-11(3)5-7-12/h8H,4-7H2,1-3H3. The molecule has 4 nitrogen and oxygen atoms in total. The molecule has 1 heterocycles. The van der Waals surface area contributed by atoms with Crippen molar-refractivity contribution in [2.45, 2.75) is 0 Å². The van der Waals surface area contributed by atoms with Gasteiger partial charge in [-0.2, -0.15) is 5.10 Å². The van der Waals surface area contributed by atoms with Gasteiger partial charge in [0.15, 0.2) is 0 Å². The number of nitrogens with zero attached hydrogens (tertiary/aromatic N) is 4. The highest BCUT2D eigenvalue weighted by Gasteiger charge is 2.10. The van der Waals surface area contributed by atoms with Crippen molar-refractivity contribution in [1.82, 2.24) is 14.8 Å². The van der Waals surface area contributed by atoms with Crippen molar-refractivity contribution in [3.05, 3.63) is 0 Å². The quantitative estimate of drug-likeness (QED) is 0.421. The first-order valence-electron chi connectivity index (χ1n) is 4.32. The third-order valence-corrected chi connectivity index (χ3v) is 1.93. The summed E-state index contributed by atoms with van der Waals surface area (Å²) < 4.78 is 0. The summed E-state index contributed by atoms with van der Waals surface area (Å²) in [5, 5.41) is 6.44. The van der Waals surface area contributed by atoms with Crippen LogP contribution in [0.15, 0.2) is 5.10 Å². The lowest BCUT2D eigenvalue weighted by Gasteiger charge is -2.30. The van der Waals surface area contributed by atoms with Crippen LogP contribution in [0.3, 0.4) is 0 Å². The number of hydrogen-bond donors (Lipinski definition) is 0. The van der Waals surface area contributed by atoms with Crippen LogP contribution in [0.5, 0.6) is 0 Å². The van der Waals surface area contributed by atoms with E-state index in [4.69, 9.17) is 0 Å². The molecule has 1 aliphatic rings. The van der Waals surface area contributed by atoms with Gasteiger partial charge in [-0.25, -0.2) is 0 Å². The Morgan fingerprint density at radius 3 is 2.25 bits per heavy atom. The van der Waals surface area contributed by atoms with Crippen LogP contribution in [0, 0.1) is 0 Å². The monoisotopic (exact) mass is 170 g/mol. The van der Waals surface area contributed by atoms with Gasteiger partial charge in [-0.3, -0.25) is 5.01 Å². The fourth-order valence-electron chi connectivity index (χ4n) is 1.09. The van der Waals surface area contributed by atoms with E-state index >= 15 is 0 Å². The number of piperazine rings is 1. The molecule has 1 saturated heterocycles. The summed E-state index contributed by atoms with van der Waals surface area (Å²) in [7, 11) is 6.12. The van der Waals surface area contributed by atoms with Crippen molar-refractivity contribution in [2.24, 2.45) is 5.10 Å². The van der Waals surface area contributed by atoms with Gasteiger partial charge < -0.3 is 9.80 Å². The van der Waals surface area contributed by atoms with E-state index in [1.807, 2.05) is 25.3 Å². The average molecular weight is 170 g/mol. The number of rotatable bonds is 2. The van der Waals surface area contributed by atoms with Gasteiger partial charge in [0.1, 0.15) is 6.34 Å². The number of hydrogen-bond acceptors (Lipinski definition) is 3. The summed E-state index contributed by atoms with van der Waals surface area (Å²) >= 11 is 0. The van der Waals surface area contributed by atoms with Crippen LogP contribution in [0.25, 0.3) is 0 Å². The Labute approximate surface area is 74.4 Å². The molecule has 4 heteroatoms. The summed E-state index contributed by atoms with van der Waals surface area (Å²) in [5.41, 5.74) is 0. The molecule has 70 valence electrons. The molecule has 0 aromatic rings. The Hall–Kier alpha value is -0.770. The van der Waals surface area contributed by atoms with Gasteiger partial charge in [-0.15, -0.1) is 0 Å². The van der Waals surface area contributed by atoms with Gasteiger partial charge in [0.05, 0.1) is 0 Å². The molecule has 0 aliphatic carbocycles. The molecule has 0 amide bonds. The maximum atomic E-state index is 4.32. The molecule has 1 aliphatic heterocycles. The van der Waals surface area contributed by atoms with Crippen LogP contribution in [-0.4, -0.2) is 68.5 Å². The molecule has 0 aromatic heterocycles. The molecule has 0 saturated carbocycles. The third kappa shape index (κ3) is 3.09. The predicted molar refractivity (Wildman–Crippen MR) is 51.2 cm³/mol. The predicted octanol–water partition coefficient (Wildman–Crippen LogP) is -0.261. The highest BCUT2D eigenvalue weighted by atomic mass is 15.5. The Bertz CT molecular complexity index is 147. The van der Waals surface area contributed by atoms with Crippen molar-refractivity contribution in [3.8, 4) is 0 Å². The summed E-state index contributed by atoms with van der Waals surface area (Å²) in [5.74, 6) is 0. The maximum Gasteiger partial charge on any atom is 0.110 e. The van der Waals surface area contributed by atoms with E-state index in [0.29, 0.717) is 0 Å². The first-order valence-corrected chi connectivity index (χ1v) is 4.32. The second-order valence-corrected chi connectivity index (χ2v) is 3.45. The van der Waals surface area contributed by atoms with Crippen LogP contribution in [0.1, 0.15) is 0 Å². The largest absolute Gasteiger partial charge is 0.367 e. The lowest BCUT2D eigenvalue weighted by molar-refractivity contribution is 0.158. The number of likely N-dealkylation sites (N-methyl/N-ethyl adjacent to an activating group) is 1. The van der Waals surface area contributed by atoms with Crippen molar-refractivity contribution in [3.63, 3.8) is 0 Å². The summed E-state index contributed by atoms with van der Waals surface area (Å²) in [6.07, 6.45) is 1.85. The highest BCUT2D eigenvalue weighted by Crippen LogP contribution is 1.98. The van der Waals surface area contributed by atoms with Gasteiger partial charge in [0.25, 0.3) is 0 Å². The van der Waals surface area contributed by atoms with E-state index in [2.05, 4.69) is 22.1 Å². The number of hydrazone groups is 1. The average Bonchev–Trinajstić information content (AvgIpc) is 2.03. The van der Waals surface area contributed by atoms with Gasteiger partial charge in [0, 0.05) is 40.3 Å². The third-order valence-electron chi connectivity index (χ3n) is 1.93. The van der Waals surface area contributed by atoms with Crippen LogP contribution >= 0.6 is 0 Å². The molecular formula is C8H18N4. The molecule has 0 bridgehead atoms. The van der Waals surface area contributed by atoms with E-state index in [9.17, 15) is 0 Å². The van der Waals surface area contributed by atoms with Crippen molar-refractivity contribution < 1.29 is 0 Å². The topological polar surface area (TPSA) is 22.1 Å². The van der Waals surface area contributed by atoms with Gasteiger partial charge in [-0.1, -0.05) is 0 Å². The Morgan fingerprint density at radius 2 is 1.75 bits per heavy atom. The van der Waals surface area contributed by atoms with E-state index in [1.54, 1.807) is 0 Å². The van der Waals surface area contributed by atoms with E-state index in [0.717, 1.165) is 26.2 Å². The van der Waals surface area contributed by atoms with Crippen LogP contribution in [0.4, 0.5) is 0 Å². The second kappa shape index (κ2) is 4.30. The van der Waals surface area contributed by atoms with E-state index < -0.39 is 0 Å². The smallest absolute Gasteiger partial charge is 0.110 e. The second-order valence-electron chi connectivity index (χ2n) is 3.45. The van der Waals surface area contributed by atoms with Gasteiger partial charge >= 0.3 is 0 Å². The van der Waals surface area contributed by atoms with Gasteiger partial charge in [0.2, 0.25) is 0 Å². The molecule has 1 fully saturated rings. The van der Waals surface area contributed by atoms with Crippen LogP contribution in [0.2, 0.25) is 0 Å². The molecule has 0 N–H and O–H groups in total. The molecule has 12 heavy (non-hydrogen) atoms. The molecular weight excluding hydrogens is 152 g/mol. The van der Waals surface area contributed by atoms with E-state index in [1.165, 1.54) is 0 Å². The van der Waals surface area contributed by atoms with E-state index in [-0.39, 0.29) is 0 Å².